The molecule has 7 nitrogen and oxygen atoms in total. The molecule has 0 fully saturated rings. The topological polar surface area (TPSA) is 87.9 Å². The Labute approximate surface area is 188 Å². The van der Waals surface area contributed by atoms with Crippen LogP contribution in [0.2, 0.25) is 0 Å². The molecule has 1 unspecified atom stereocenters. The Hall–Kier alpha value is -2.23. The minimum absolute atomic E-state index is 0. The molecule has 1 aliphatic rings. The summed E-state index contributed by atoms with van der Waals surface area (Å²) < 4.78 is 11.3. The maximum atomic E-state index is 12.1. The summed E-state index contributed by atoms with van der Waals surface area (Å²) in [5.41, 5.74) is 0.804. The molecule has 29 heavy (non-hydrogen) atoms. The van der Waals surface area contributed by atoms with Gasteiger partial charge in [0.25, 0.3) is 0 Å². The number of benzene rings is 1. The fourth-order valence-corrected chi connectivity index (χ4v) is 3.22. The third-order valence-electron chi connectivity index (χ3n) is 4.45. The summed E-state index contributed by atoms with van der Waals surface area (Å²) in [7, 11) is 0. The molecule has 2 heterocycles. The van der Waals surface area contributed by atoms with Crippen molar-refractivity contribution in [3.8, 4) is 5.75 Å². The van der Waals surface area contributed by atoms with E-state index in [1.165, 1.54) is 0 Å². The van der Waals surface area contributed by atoms with Crippen molar-refractivity contribution >= 4 is 35.8 Å². The molecule has 1 aromatic heterocycles. The standard InChI is InChI=1S/C21H28N4O3.HI/c1-4-22-20(24-14-19(26)23-13-15-8-7-11-27-15)25-17-12-21(2,3)28-18-10-6-5-9-16(17)18;/h5-11,17H,4,12-14H2,1-3H3,(H,23,26)(H2,22,24,25);1H. The number of aliphatic imine (C=N–C) groups is 1. The van der Waals surface area contributed by atoms with E-state index in [1.807, 2.05) is 31.2 Å². The van der Waals surface area contributed by atoms with Crippen LogP contribution in [0.3, 0.4) is 0 Å². The molecule has 3 rings (SSSR count). The molecule has 0 bridgehead atoms. The Bertz CT molecular complexity index is 821. The molecule has 1 aromatic carbocycles. The van der Waals surface area contributed by atoms with Crippen molar-refractivity contribution in [3.63, 3.8) is 0 Å². The molecule has 1 aliphatic heterocycles. The van der Waals surface area contributed by atoms with Gasteiger partial charge >= 0.3 is 0 Å². The van der Waals surface area contributed by atoms with Crippen molar-refractivity contribution in [1.29, 1.82) is 0 Å². The second-order valence-electron chi connectivity index (χ2n) is 7.35. The Morgan fingerprint density at radius 1 is 1.21 bits per heavy atom. The summed E-state index contributed by atoms with van der Waals surface area (Å²) in [6.07, 6.45) is 2.37. The van der Waals surface area contributed by atoms with Crippen LogP contribution in [0, 0.1) is 0 Å². The van der Waals surface area contributed by atoms with Crippen LogP contribution in [-0.2, 0) is 11.3 Å². The number of guanidine groups is 1. The summed E-state index contributed by atoms with van der Waals surface area (Å²) in [4.78, 5) is 16.5. The van der Waals surface area contributed by atoms with Crippen LogP contribution < -0.4 is 20.7 Å². The minimum Gasteiger partial charge on any atom is -0.487 e. The van der Waals surface area contributed by atoms with Gasteiger partial charge in [0.2, 0.25) is 5.91 Å². The lowest BCUT2D eigenvalue weighted by molar-refractivity contribution is -0.119. The second-order valence-corrected chi connectivity index (χ2v) is 7.35. The smallest absolute Gasteiger partial charge is 0.242 e. The second kappa shape index (κ2) is 10.5. The summed E-state index contributed by atoms with van der Waals surface area (Å²) in [6.45, 7) is 7.23. The highest BCUT2D eigenvalue weighted by atomic mass is 127. The van der Waals surface area contributed by atoms with E-state index in [0.29, 0.717) is 24.8 Å². The number of ether oxygens (including phenoxy) is 1. The van der Waals surface area contributed by atoms with Crippen molar-refractivity contribution < 1.29 is 13.9 Å². The van der Waals surface area contributed by atoms with Gasteiger partial charge in [0.05, 0.1) is 18.8 Å². The maximum Gasteiger partial charge on any atom is 0.242 e. The highest BCUT2D eigenvalue weighted by Crippen LogP contribution is 2.39. The van der Waals surface area contributed by atoms with Gasteiger partial charge in [-0.1, -0.05) is 18.2 Å². The molecule has 0 saturated heterocycles. The van der Waals surface area contributed by atoms with E-state index in [9.17, 15) is 4.79 Å². The van der Waals surface area contributed by atoms with Gasteiger partial charge < -0.3 is 25.1 Å². The summed E-state index contributed by atoms with van der Waals surface area (Å²) in [5.74, 6) is 2.03. The Kier molecular flexibility index (Phi) is 8.36. The van der Waals surface area contributed by atoms with Crippen LogP contribution >= 0.6 is 24.0 Å². The van der Waals surface area contributed by atoms with Gasteiger partial charge in [0.15, 0.2) is 5.96 Å². The quantitative estimate of drug-likeness (QED) is 0.314. The number of furan rings is 1. The fourth-order valence-electron chi connectivity index (χ4n) is 3.22. The molecule has 1 atom stereocenters. The van der Waals surface area contributed by atoms with Crippen LogP contribution in [-0.4, -0.2) is 30.6 Å². The lowest BCUT2D eigenvalue weighted by Crippen LogP contribution is -2.45. The molecule has 158 valence electrons. The zero-order chi connectivity index (χ0) is 20.0. The number of hydrogen-bond acceptors (Lipinski definition) is 4. The molecule has 3 N–H and O–H groups in total. The highest BCUT2D eigenvalue weighted by Gasteiger charge is 2.33. The van der Waals surface area contributed by atoms with Crippen molar-refractivity contribution in [3.05, 3.63) is 54.0 Å². The van der Waals surface area contributed by atoms with E-state index >= 15 is 0 Å². The van der Waals surface area contributed by atoms with Crippen molar-refractivity contribution in [2.45, 2.75) is 45.4 Å². The molecule has 0 aliphatic carbocycles. The number of amides is 1. The van der Waals surface area contributed by atoms with E-state index in [1.54, 1.807) is 12.3 Å². The number of fused-ring (bicyclic) bond motifs is 1. The number of carbonyl (C=O) groups excluding carboxylic acids is 1. The maximum absolute atomic E-state index is 12.1. The fraction of sp³-hybridized carbons (Fsp3) is 0.429. The van der Waals surface area contributed by atoms with Gasteiger partial charge in [-0.05, 0) is 39.0 Å². The van der Waals surface area contributed by atoms with Crippen LogP contribution in [0.5, 0.6) is 5.75 Å². The number of rotatable bonds is 6. The van der Waals surface area contributed by atoms with Crippen LogP contribution in [0.1, 0.15) is 44.6 Å². The van der Waals surface area contributed by atoms with Crippen LogP contribution in [0.15, 0.2) is 52.1 Å². The number of carbonyl (C=O) groups is 1. The first kappa shape index (κ1) is 23.1. The molecule has 0 saturated carbocycles. The molecule has 2 aromatic rings. The molecule has 0 radical (unpaired) electrons. The predicted octanol–water partition coefficient (Wildman–Crippen LogP) is 3.37. The number of halogens is 1. The average molecular weight is 512 g/mol. The molecule has 8 heteroatoms. The largest absolute Gasteiger partial charge is 0.487 e. The highest BCUT2D eigenvalue weighted by molar-refractivity contribution is 14.0. The predicted molar refractivity (Wildman–Crippen MR) is 124 cm³/mol. The van der Waals surface area contributed by atoms with Gasteiger partial charge in [-0.15, -0.1) is 24.0 Å². The van der Waals surface area contributed by atoms with Crippen LogP contribution in [0.4, 0.5) is 0 Å². The summed E-state index contributed by atoms with van der Waals surface area (Å²) >= 11 is 0. The van der Waals surface area contributed by atoms with Crippen molar-refractivity contribution in [2.75, 3.05) is 13.1 Å². The van der Waals surface area contributed by atoms with Gasteiger partial charge in [0, 0.05) is 18.5 Å². The first-order valence-corrected chi connectivity index (χ1v) is 9.59. The number of hydrogen-bond donors (Lipinski definition) is 3. The molecular weight excluding hydrogens is 483 g/mol. The zero-order valence-electron chi connectivity index (χ0n) is 17.0. The number of para-hydroxylation sites is 1. The van der Waals surface area contributed by atoms with E-state index in [4.69, 9.17) is 9.15 Å². The Morgan fingerprint density at radius 3 is 2.72 bits per heavy atom. The Balaban J connectivity index is 0.00000300. The van der Waals surface area contributed by atoms with Gasteiger partial charge in [-0.3, -0.25) is 4.79 Å². The first-order valence-electron chi connectivity index (χ1n) is 9.59. The number of nitrogens with zero attached hydrogens (tertiary/aromatic N) is 1. The Morgan fingerprint density at radius 2 is 2.00 bits per heavy atom. The van der Waals surface area contributed by atoms with E-state index < -0.39 is 0 Å². The summed E-state index contributed by atoms with van der Waals surface area (Å²) in [6, 6.07) is 11.7. The normalized spacial score (nSPS) is 17.3. The van der Waals surface area contributed by atoms with Gasteiger partial charge in [0.1, 0.15) is 23.7 Å². The number of nitrogens with one attached hydrogen (secondary N) is 3. The minimum atomic E-state index is -0.288. The SMILES string of the molecule is CCNC(=NCC(=O)NCc1ccco1)NC1CC(C)(C)Oc2ccccc21.I. The van der Waals surface area contributed by atoms with Crippen molar-refractivity contribution in [1.82, 2.24) is 16.0 Å². The first-order chi connectivity index (χ1) is 13.5. The molecule has 0 spiro atoms. The van der Waals surface area contributed by atoms with Crippen LogP contribution in [0.25, 0.3) is 0 Å². The lowest BCUT2D eigenvalue weighted by atomic mass is 9.90. The monoisotopic (exact) mass is 512 g/mol. The molecular formula is C21H29IN4O3. The third-order valence-corrected chi connectivity index (χ3v) is 4.45. The van der Waals surface area contributed by atoms with Gasteiger partial charge in [-0.2, -0.15) is 0 Å². The zero-order valence-corrected chi connectivity index (χ0v) is 19.4. The van der Waals surface area contributed by atoms with E-state index in [0.717, 1.165) is 17.7 Å². The van der Waals surface area contributed by atoms with Crippen molar-refractivity contribution in [2.24, 2.45) is 4.99 Å². The van der Waals surface area contributed by atoms with Gasteiger partial charge in [-0.25, -0.2) is 4.99 Å². The average Bonchev–Trinajstić information content (AvgIpc) is 3.17. The van der Waals surface area contributed by atoms with E-state index in [-0.39, 0.29) is 48.1 Å². The third kappa shape index (κ3) is 6.66. The lowest BCUT2D eigenvalue weighted by Gasteiger charge is -2.38. The molecule has 1 amide bonds. The summed E-state index contributed by atoms with van der Waals surface area (Å²) in [5, 5.41) is 9.47. The van der Waals surface area contributed by atoms with E-state index in [2.05, 4.69) is 40.9 Å².